The van der Waals surface area contributed by atoms with Crippen molar-refractivity contribution in [3.05, 3.63) is 16.3 Å². The maximum Gasteiger partial charge on any atom is 0.154 e. The molecule has 1 aromatic heterocycles. The van der Waals surface area contributed by atoms with Crippen LogP contribution in [0.2, 0.25) is 0 Å². The van der Waals surface area contributed by atoms with Gasteiger partial charge in [0.15, 0.2) is 5.69 Å². The molecule has 13 heavy (non-hydrogen) atoms. The largest absolute Gasteiger partial charge is 0.390 e. The highest BCUT2D eigenvalue weighted by Crippen LogP contribution is 2.25. The molecule has 0 aliphatic carbocycles. The first kappa shape index (κ1) is 9.85. The highest BCUT2D eigenvalue weighted by molar-refractivity contribution is 5.46. The molecule has 5 heteroatoms. The molecule has 0 aromatic carbocycles. The Balaban J connectivity index is 3.29. The summed E-state index contributed by atoms with van der Waals surface area (Å²) in [5, 5.41) is 16.0. The zero-order valence-electron chi connectivity index (χ0n) is 7.98. The lowest BCUT2D eigenvalue weighted by atomic mass is 10.3. The molecule has 0 fully saturated rings. The molecule has 0 saturated carbocycles. The van der Waals surface area contributed by atoms with E-state index in [0.29, 0.717) is 11.4 Å². The van der Waals surface area contributed by atoms with Crippen molar-refractivity contribution in [2.24, 2.45) is 5.18 Å². The standard InChI is InChI=1S/C8H13N3O2/c1-5(2)11-7(4-12)8(10-13)6(3)9-11/h5,12H,4H2,1-3H3. The summed E-state index contributed by atoms with van der Waals surface area (Å²) in [6.45, 7) is 5.36. The molecule has 0 unspecified atom stereocenters. The van der Waals surface area contributed by atoms with Gasteiger partial charge in [-0.05, 0) is 25.9 Å². The normalized spacial score (nSPS) is 10.8. The van der Waals surface area contributed by atoms with Crippen LogP contribution in [0.25, 0.3) is 0 Å². The first-order valence-electron chi connectivity index (χ1n) is 4.14. The monoisotopic (exact) mass is 183 g/mol. The first-order valence-corrected chi connectivity index (χ1v) is 4.14. The highest BCUT2D eigenvalue weighted by Gasteiger charge is 2.16. The molecule has 0 spiro atoms. The van der Waals surface area contributed by atoms with Crippen molar-refractivity contribution in [1.82, 2.24) is 9.78 Å². The molecular formula is C8H13N3O2. The van der Waals surface area contributed by atoms with Gasteiger partial charge in [0.25, 0.3) is 0 Å². The average Bonchev–Trinajstić information content (AvgIpc) is 2.41. The molecule has 0 aliphatic rings. The van der Waals surface area contributed by atoms with Gasteiger partial charge in [-0.3, -0.25) is 4.68 Å². The van der Waals surface area contributed by atoms with E-state index in [4.69, 9.17) is 5.11 Å². The van der Waals surface area contributed by atoms with E-state index in [1.807, 2.05) is 13.8 Å². The van der Waals surface area contributed by atoms with Crippen LogP contribution >= 0.6 is 0 Å². The minimum Gasteiger partial charge on any atom is -0.390 e. The molecule has 1 rings (SSSR count). The summed E-state index contributed by atoms with van der Waals surface area (Å²) < 4.78 is 1.62. The Morgan fingerprint density at radius 2 is 2.23 bits per heavy atom. The van der Waals surface area contributed by atoms with E-state index in [9.17, 15) is 4.91 Å². The fourth-order valence-corrected chi connectivity index (χ4v) is 1.28. The first-order chi connectivity index (χ1) is 6.11. The van der Waals surface area contributed by atoms with Gasteiger partial charge < -0.3 is 5.11 Å². The number of nitroso groups, excluding NO2 is 1. The Morgan fingerprint density at radius 1 is 1.62 bits per heavy atom. The van der Waals surface area contributed by atoms with Crippen LogP contribution < -0.4 is 0 Å². The van der Waals surface area contributed by atoms with Gasteiger partial charge in [-0.15, -0.1) is 4.91 Å². The number of aromatic nitrogens is 2. The van der Waals surface area contributed by atoms with Crippen molar-refractivity contribution < 1.29 is 5.11 Å². The number of rotatable bonds is 3. The van der Waals surface area contributed by atoms with Gasteiger partial charge in [0, 0.05) is 6.04 Å². The topological polar surface area (TPSA) is 67.5 Å². The quantitative estimate of drug-likeness (QED) is 0.724. The van der Waals surface area contributed by atoms with Crippen LogP contribution in [0.4, 0.5) is 5.69 Å². The Labute approximate surface area is 76.4 Å². The van der Waals surface area contributed by atoms with Gasteiger partial charge in [0.2, 0.25) is 0 Å². The predicted molar refractivity (Wildman–Crippen MR) is 48.7 cm³/mol. The lowest BCUT2D eigenvalue weighted by molar-refractivity contribution is 0.265. The van der Waals surface area contributed by atoms with E-state index in [-0.39, 0.29) is 18.3 Å². The molecule has 1 N–H and O–H groups in total. The molecule has 0 atom stereocenters. The summed E-state index contributed by atoms with van der Waals surface area (Å²) >= 11 is 0. The SMILES string of the molecule is Cc1nn(C(C)C)c(CO)c1N=O. The lowest BCUT2D eigenvalue weighted by Gasteiger charge is -2.08. The molecule has 0 amide bonds. The molecule has 0 aliphatic heterocycles. The van der Waals surface area contributed by atoms with Crippen molar-refractivity contribution in [3.63, 3.8) is 0 Å². The third kappa shape index (κ3) is 1.60. The van der Waals surface area contributed by atoms with Crippen LogP contribution in [-0.4, -0.2) is 14.9 Å². The fourth-order valence-electron chi connectivity index (χ4n) is 1.28. The summed E-state index contributed by atoms with van der Waals surface area (Å²) in [6, 6.07) is 0.122. The van der Waals surface area contributed by atoms with Crippen LogP contribution in [0.15, 0.2) is 5.18 Å². The summed E-state index contributed by atoms with van der Waals surface area (Å²) in [4.78, 5) is 10.4. The second-order valence-electron chi connectivity index (χ2n) is 3.17. The van der Waals surface area contributed by atoms with Crippen molar-refractivity contribution in [1.29, 1.82) is 0 Å². The zero-order valence-corrected chi connectivity index (χ0v) is 7.98. The number of aliphatic hydroxyl groups is 1. The van der Waals surface area contributed by atoms with Crippen LogP contribution in [0, 0.1) is 11.8 Å². The predicted octanol–water partition coefficient (Wildman–Crippen LogP) is 1.66. The van der Waals surface area contributed by atoms with E-state index in [1.54, 1.807) is 11.6 Å². The van der Waals surface area contributed by atoms with Gasteiger partial charge in [-0.2, -0.15) is 5.10 Å². The van der Waals surface area contributed by atoms with Gasteiger partial charge in [-0.1, -0.05) is 0 Å². The van der Waals surface area contributed by atoms with Crippen molar-refractivity contribution in [3.8, 4) is 0 Å². The number of aryl methyl sites for hydroxylation is 1. The highest BCUT2D eigenvalue weighted by atomic mass is 16.3. The van der Waals surface area contributed by atoms with Crippen LogP contribution in [0.1, 0.15) is 31.3 Å². The zero-order chi connectivity index (χ0) is 10.0. The third-order valence-corrected chi connectivity index (χ3v) is 1.88. The Hall–Kier alpha value is -1.23. The van der Waals surface area contributed by atoms with Crippen LogP contribution in [0.3, 0.4) is 0 Å². The van der Waals surface area contributed by atoms with E-state index >= 15 is 0 Å². The Morgan fingerprint density at radius 3 is 2.62 bits per heavy atom. The maximum atomic E-state index is 10.4. The second-order valence-corrected chi connectivity index (χ2v) is 3.17. The smallest absolute Gasteiger partial charge is 0.154 e. The molecule has 0 radical (unpaired) electrons. The molecular weight excluding hydrogens is 170 g/mol. The van der Waals surface area contributed by atoms with E-state index in [1.165, 1.54) is 0 Å². The Bertz CT molecular complexity index is 317. The van der Waals surface area contributed by atoms with Gasteiger partial charge in [-0.25, -0.2) is 0 Å². The van der Waals surface area contributed by atoms with Crippen LogP contribution in [0.5, 0.6) is 0 Å². The minimum atomic E-state index is -0.208. The summed E-state index contributed by atoms with van der Waals surface area (Å²) in [5.41, 5.74) is 1.31. The minimum absolute atomic E-state index is 0.122. The Kier molecular flexibility index (Phi) is 2.77. The molecule has 0 bridgehead atoms. The second kappa shape index (κ2) is 3.66. The lowest BCUT2D eigenvalue weighted by Crippen LogP contribution is -2.07. The summed E-state index contributed by atoms with van der Waals surface area (Å²) in [7, 11) is 0. The molecule has 0 saturated heterocycles. The molecule has 5 nitrogen and oxygen atoms in total. The third-order valence-electron chi connectivity index (χ3n) is 1.88. The van der Waals surface area contributed by atoms with E-state index in [0.717, 1.165) is 0 Å². The number of aliphatic hydroxyl groups excluding tert-OH is 1. The fraction of sp³-hybridized carbons (Fsp3) is 0.625. The summed E-state index contributed by atoms with van der Waals surface area (Å²) in [6.07, 6.45) is 0. The van der Waals surface area contributed by atoms with Crippen molar-refractivity contribution in [2.75, 3.05) is 0 Å². The van der Waals surface area contributed by atoms with Crippen molar-refractivity contribution >= 4 is 5.69 Å². The maximum absolute atomic E-state index is 10.4. The van der Waals surface area contributed by atoms with Crippen LogP contribution in [-0.2, 0) is 6.61 Å². The molecule has 1 heterocycles. The number of nitrogens with zero attached hydrogens (tertiary/aromatic N) is 3. The molecule has 1 aromatic rings. The molecule has 72 valence electrons. The number of hydrogen-bond acceptors (Lipinski definition) is 4. The summed E-state index contributed by atoms with van der Waals surface area (Å²) in [5.74, 6) is 0. The van der Waals surface area contributed by atoms with Gasteiger partial charge in [0.1, 0.15) is 0 Å². The average molecular weight is 183 g/mol. The number of hydrogen-bond donors (Lipinski definition) is 1. The van der Waals surface area contributed by atoms with E-state index in [2.05, 4.69) is 10.3 Å². The van der Waals surface area contributed by atoms with E-state index < -0.39 is 0 Å². The van der Waals surface area contributed by atoms with Gasteiger partial charge >= 0.3 is 0 Å². The van der Waals surface area contributed by atoms with Crippen molar-refractivity contribution in [2.45, 2.75) is 33.4 Å². The van der Waals surface area contributed by atoms with Gasteiger partial charge in [0.05, 0.1) is 18.0 Å².